The van der Waals surface area contributed by atoms with Crippen LogP contribution in [-0.2, 0) is 16.1 Å². The monoisotopic (exact) mass is 343 g/mol. The number of benzene rings is 1. The Labute approximate surface area is 145 Å². The van der Waals surface area contributed by atoms with Crippen molar-refractivity contribution in [1.82, 2.24) is 14.6 Å². The molecule has 0 spiro atoms. The third kappa shape index (κ3) is 3.11. The summed E-state index contributed by atoms with van der Waals surface area (Å²) in [6, 6.07) is 9.39. The molecule has 0 unspecified atom stereocenters. The Balaban J connectivity index is 1.57. The second kappa shape index (κ2) is 6.84. The summed E-state index contributed by atoms with van der Waals surface area (Å²) < 4.78 is 11.9. The molecule has 0 N–H and O–H groups in total. The second-order valence-electron chi connectivity index (χ2n) is 6.57. The number of aromatic nitrogens is 2. The summed E-state index contributed by atoms with van der Waals surface area (Å²) in [4.78, 5) is 26.8. The van der Waals surface area contributed by atoms with Gasteiger partial charge >= 0.3 is 5.76 Å². The van der Waals surface area contributed by atoms with Gasteiger partial charge in [-0.1, -0.05) is 48.3 Å². The Morgan fingerprint density at radius 3 is 2.84 bits per heavy atom. The van der Waals surface area contributed by atoms with Crippen LogP contribution in [0.25, 0.3) is 11.4 Å². The van der Waals surface area contributed by atoms with Gasteiger partial charge in [-0.25, -0.2) is 9.36 Å². The van der Waals surface area contributed by atoms with E-state index in [-0.39, 0.29) is 24.6 Å². The van der Waals surface area contributed by atoms with Crippen molar-refractivity contribution in [2.75, 3.05) is 13.2 Å². The van der Waals surface area contributed by atoms with Crippen LogP contribution in [0, 0.1) is 0 Å². The average Bonchev–Trinajstić information content (AvgIpc) is 3.02. The number of hydrogen-bond acceptors (Lipinski definition) is 5. The number of carbonyl (C=O) groups is 1. The van der Waals surface area contributed by atoms with Crippen LogP contribution in [0.2, 0.25) is 0 Å². The fourth-order valence-corrected chi connectivity index (χ4v) is 3.83. The molecule has 132 valence electrons. The highest BCUT2D eigenvalue weighted by Gasteiger charge is 2.37. The summed E-state index contributed by atoms with van der Waals surface area (Å²) in [5, 5.41) is 3.85. The summed E-state index contributed by atoms with van der Waals surface area (Å²) in [5.74, 6) is -0.309. The summed E-state index contributed by atoms with van der Waals surface area (Å²) in [7, 11) is 0. The third-order valence-corrected chi connectivity index (χ3v) is 5.06. The molecule has 1 aromatic heterocycles. The second-order valence-corrected chi connectivity index (χ2v) is 6.57. The van der Waals surface area contributed by atoms with Crippen LogP contribution < -0.4 is 5.76 Å². The number of amides is 1. The van der Waals surface area contributed by atoms with Crippen LogP contribution in [0.15, 0.2) is 39.6 Å². The van der Waals surface area contributed by atoms with Crippen molar-refractivity contribution in [2.45, 2.75) is 44.4 Å². The van der Waals surface area contributed by atoms with Crippen molar-refractivity contribution in [1.29, 1.82) is 0 Å². The zero-order valence-electron chi connectivity index (χ0n) is 14.0. The average molecular weight is 343 g/mol. The molecule has 1 amide bonds. The third-order valence-electron chi connectivity index (χ3n) is 5.06. The summed E-state index contributed by atoms with van der Waals surface area (Å²) >= 11 is 0. The van der Waals surface area contributed by atoms with E-state index in [1.54, 1.807) is 0 Å². The van der Waals surface area contributed by atoms with Crippen LogP contribution in [0.5, 0.6) is 0 Å². The van der Waals surface area contributed by atoms with E-state index in [0.717, 1.165) is 31.2 Å². The Morgan fingerprint density at radius 1 is 1.20 bits per heavy atom. The molecule has 0 radical (unpaired) electrons. The molecule has 2 atom stereocenters. The van der Waals surface area contributed by atoms with Gasteiger partial charge in [-0.2, -0.15) is 0 Å². The Morgan fingerprint density at radius 2 is 2.00 bits per heavy atom. The van der Waals surface area contributed by atoms with Crippen molar-refractivity contribution in [3.8, 4) is 11.4 Å². The molecule has 1 saturated carbocycles. The highest BCUT2D eigenvalue weighted by molar-refractivity contribution is 5.77. The largest absolute Gasteiger partial charge is 0.442 e. The Kier molecular flexibility index (Phi) is 4.40. The molecule has 0 bridgehead atoms. The molecule has 1 aliphatic carbocycles. The lowest BCUT2D eigenvalue weighted by atomic mass is 9.90. The molecule has 7 nitrogen and oxygen atoms in total. The fourth-order valence-electron chi connectivity index (χ4n) is 3.83. The molecule has 2 fully saturated rings. The summed E-state index contributed by atoms with van der Waals surface area (Å²) in [6.45, 7) is 1.06. The minimum Gasteiger partial charge on any atom is -0.374 e. The van der Waals surface area contributed by atoms with E-state index in [4.69, 9.17) is 9.26 Å². The lowest BCUT2D eigenvalue weighted by Crippen LogP contribution is -2.55. The first-order chi connectivity index (χ1) is 12.2. The molecule has 1 aromatic carbocycles. The van der Waals surface area contributed by atoms with E-state index in [9.17, 15) is 9.59 Å². The molecule has 2 aromatic rings. The molecular weight excluding hydrogens is 322 g/mol. The van der Waals surface area contributed by atoms with Gasteiger partial charge in [0, 0.05) is 12.1 Å². The Hall–Kier alpha value is -2.41. The number of hydrogen-bond donors (Lipinski definition) is 0. The van der Waals surface area contributed by atoms with E-state index in [0.29, 0.717) is 19.0 Å². The van der Waals surface area contributed by atoms with Crippen molar-refractivity contribution < 1.29 is 14.1 Å². The highest BCUT2D eigenvalue weighted by Crippen LogP contribution is 2.28. The number of rotatable bonds is 3. The Bertz CT molecular complexity index is 796. The van der Waals surface area contributed by atoms with Gasteiger partial charge in [-0.3, -0.25) is 9.32 Å². The zero-order valence-corrected chi connectivity index (χ0v) is 14.0. The first-order valence-electron chi connectivity index (χ1n) is 8.77. The van der Waals surface area contributed by atoms with Gasteiger partial charge in [-0.15, -0.1) is 0 Å². The minimum atomic E-state index is -0.611. The van der Waals surface area contributed by atoms with Gasteiger partial charge in [0.1, 0.15) is 6.54 Å². The lowest BCUT2D eigenvalue weighted by Gasteiger charge is -2.43. The van der Waals surface area contributed by atoms with Gasteiger partial charge < -0.3 is 9.64 Å². The number of nitrogens with zero attached hydrogens (tertiary/aromatic N) is 3. The van der Waals surface area contributed by atoms with Gasteiger partial charge in [0.05, 0.1) is 18.8 Å². The normalized spacial score (nSPS) is 23.3. The SMILES string of the molecule is O=C(Cn1c(-c2ccccc2)noc1=O)N1CCO[C@H]2CCCC[C@@H]21. The van der Waals surface area contributed by atoms with E-state index >= 15 is 0 Å². The van der Waals surface area contributed by atoms with Gasteiger partial charge in [0.25, 0.3) is 0 Å². The smallest absolute Gasteiger partial charge is 0.374 e. The predicted octanol–water partition coefficient (Wildman–Crippen LogP) is 1.67. The predicted molar refractivity (Wildman–Crippen MR) is 89.9 cm³/mol. The number of carbonyl (C=O) groups excluding carboxylic acids is 1. The van der Waals surface area contributed by atoms with Gasteiger partial charge in [0.15, 0.2) is 5.82 Å². The van der Waals surface area contributed by atoms with Crippen molar-refractivity contribution >= 4 is 5.91 Å². The minimum absolute atomic E-state index is 0.0597. The number of fused-ring (bicyclic) bond motifs is 1. The van der Waals surface area contributed by atoms with Crippen LogP contribution in [-0.4, -0.2) is 45.8 Å². The van der Waals surface area contributed by atoms with E-state index in [1.807, 2.05) is 35.2 Å². The zero-order chi connectivity index (χ0) is 17.2. The number of morpholine rings is 1. The molecule has 1 aliphatic heterocycles. The van der Waals surface area contributed by atoms with Crippen LogP contribution in [0.4, 0.5) is 0 Å². The lowest BCUT2D eigenvalue weighted by molar-refractivity contribution is -0.150. The van der Waals surface area contributed by atoms with Crippen LogP contribution in [0.3, 0.4) is 0 Å². The topological polar surface area (TPSA) is 77.6 Å². The summed E-state index contributed by atoms with van der Waals surface area (Å²) in [6.07, 6.45) is 4.33. The van der Waals surface area contributed by atoms with Crippen molar-refractivity contribution in [3.63, 3.8) is 0 Å². The van der Waals surface area contributed by atoms with E-state index in [1.165, 1.54) is 4.57 Å². The maximum atomic E-state index is 12.9. The van der Waals surface area contributed by atoms with Crippen molar-refractivity contribution in [2.24, 2.45) is 0 Å². The molecular formula is C18H21N3O4. The summed E-state index contributed by atoms with van der Waals surface area (Å²) in [5.41, 5.74) is 0.749. The number of ether oxygens (including phenoxy) is 1. The van der Waals surface area contributed by atoms with Gasteiger partial charge in [-0.05, 0) is 12.8 Å². The standard InChI is InChI=1S/C18H21N3O4/c22-16(20-10-11-24-15-9-5-4-8-14(15)20)12-21-17(19-25-18(21)23)13-6-2-1-3-7-13/h1-3,6-7,14-15H,4-5,8-12H2/t14-,15-/m0/s1. The molecule has 1 saturated heterocycles. The molecule has 4 rings (SSSR count). The van der Waals surface area contributed by atoms with Crippen LogP contribution in [0.1, 0.15) is 25.7 Å². The quantitative estimate of drug-likeness (QED) is 0.847. The van der Waals surface area contributed by atoms with Crippen LogP contribution >= 0.6 is 0 Å². The van der Waals surface area contributed by atoms with E-state index < -0.39 is 5.76 Å². The molecule has 25 heavy (non-hydrogen) atoms. The van der Waals surface area contributed by atoms with E-state index in [2.05, 4.69) is 5.16 Å². The van der Waals surface area contributed by atoms with Crippen molar-refractivity contribution in [3.05, 3.63) is 40.9 Å². The highest BCUT2D eigenvalue weighted by atomic mass is 16.5. The molecule has 2 aliphatic rings. The first kappa shape index (κ1) is 16.1. The maximum Gasteiger partial charge on any atom is 0.442 e. The maximum absolute atomic E-state index is 12.9. The molecule has 2 heterocycles. The first-order valence-corrected chi connectivity index (χ1v) is 8.77. The molecule has 7 heteroatoms. The van der Waals surface area contributed by atoms with Gasteiger partial charge in [0.2, 0.25) is 5.91 Å². The fraction of sp³-hybridized carbons (Fsp3) is 0.500.